The third-order valence-corrected chi connectivity index (χ3v) is 3.11. The largest absolute Gasteiger partial charge is 0.330 e. The highest BCUT2D eigenvalue weighted by Gasteiger charge is 2.25. The summed E-state index contributed by atoms with van der Waals surface area (Å²) in [7, 11) is 2.22. The molecule has 1 rings (SSSR count). The topological polar surface area (TPSA) is 32.5 Å². The zero-order valence-electron chi connectivity index (χ0n) is 9.16. The van der Waals surface area contributed by atoms with E-state index in [0.717, 1.165) is 13.0 Å². The summed E-state index contributed by atoms with van der Waals surface area (Å²) in [6.45, 7) is 8.96. The minimum atomic E-state index is 0.682. The van der Waals surface area contributed by atoms with Crippen LogP contribution in [0, 0.1) is 0 Å². The van der Waals surface area contributed by atoms with Crippen LogP contribution in [0.4, 0.5) is 0 Å². The van der Waals surface area contributed by atoms with Crippen LogP contribution < -0.4 is 5.73 Å². The van der Waals surface area contributed by atoms with E-state index in [1.165, 1.54) is 19.6 Å². The van der Waals surface area contributed by atoms with Crippen molar-refractivity contribution in [3.63, 3.8) is 0 Å². The quantitative estimate of drug-likeness (QED) is 0.689. The van der Waals surface area contributed by atoms with Crippen LogP contribution in [0.2, 0.25) is 0 Å². The number of piperazine rings is 1. The first kappa shape index (κ1) is 11.0. The van der Waals surface area contributed by atoms with Crippen LogP contribution >= 0.6 is 0 Å². The van der Waals surface area contributed by atoms with Crippen LogP contribution in [0.5, 0.6) is 0 Å². The Morgan fingerprint density at radius 2 is 1.77 bits per heavy atom. The Bertz CT molecular complexity index is 137. The van der Waals surface area contributed by atoms with E-state index in [4.69, 9.17) is 5.73 Å². The van der Waals surface area contributed by atoms with Crippen molar-refractivity contribution in [3.8, 4) is 0 Å². The average Bonchev–Trinajstić information content (AvgIpc) is 2.10. The fourth-order valence-electron chi connectivity index (χ4n) is 2.01. The first-order valence-corrected chi connectivity index (χ1v) is 5.29. The Morgan fingerprint density at radius 1 is 1.23 bits per heavy atom. The van der Waals surface area contributed by atoms with Gasteiger partial charge >= 0.3 is 0 Å². The maximum absolute atomic E-state index is 5.51. The molecule has 0 radical (unpaired) electrons. The lowest BCUT2D eigenvalue weighted by Crippen LogP contribution is -2.55. The van der Waals surface area contributed by atoms with E-state index in [0.29, 0.717) is 12.1 Å². The second-order valence-corrected chi connectivity index (χ2v) is 4.27. The lowest BCUT2D eigenvalue weighted by Gasteiger charge is -2.42. The molecule has 0 amide bonds. The molecule has 2 atom stereocenters. The minimum absolute atomic E-state index is 0.682. The summed E-state index contributed by atoms with van der Waals surface area (Å²) in [6, 6.07) is 1.36. The van der Waals surface area contributed by atoms with Gasteiger partial charge in [0.1, 0.15) is 0 Å². The van der Waals surface area contributed by atoms with Crippen LogP contribution in [-0.2, 0) is 0 Å². The van der Waals surface area contributed by atoms with Crippen molar-refractivity contribution in [1.29, 1.82) is 0 Å². The first-order chi connectivity index (χ1) is 6.15. The van der Waals surface area contributed by atoms with Gasteiger partial charge in [0.2, 0.25) is 0 Å². The predicted octanol–water partition coefficient (Wildman–Crippen LogP) is 0.360. The van der Waals surface area contributed by atoms with Gasteiger partial charge in [-0.05, 0) is 40.4 Å². The Kier molecular flexibility index (Phi) is 4.16. The van der Waals surface area contributed by atoms with Crippen LogP contribution in [0.25, 0.3) is 0 Å². The predicted molar refractivity (Wildman–Crippen MR) is 56.8 cm³/mol. The molecule has 0 aliphatic carbocycles. The monoisotopic (exact) mass is 185 g/mol. The Morgan fingerprint density at radius 3 is 2.23 bits per heavy atom. The summed E-state index contributed by atoms with van der Waals surface area (Å²) in [5, 5.41) is 0. The van der Waals surface area contributed by atoms with Crippen molar-refractivity contribution < 1.29 is 0 Å². The van der Waals surface area contributed by atoms with Gasteiger partial charge in [0.25, 0.3) is 0 Å². The SMILES string of the molecule is CC1CN(CCCN)CC(C)N1C. The van der Waals surface area contributed by atoms with Gasteiger partial charge < -0.3 is 10.6 Å². The van der Waals surface area contributed by atoms with E-state index in [9.17, 15) is 0 Å². The van der Waals surface area contributed by atoms with Crippen LogP contribution in [0.1, 0.15) is 20.3 Å². The average molecular weight is 185 g/mol. The van der Waals surface area contributed by atoms with E-state index in [1.807, 2.05) is 0 Å². The number of rotatable bonds is 3. The fourth-order valence-corrected chi connectivity index (χ4v) is 2.01. The van der Waals surface area contributed by atoms with Gasteiger partial charge in [-0.15, -0.1) is 0 Å². The lowest BCUT2D eigenvalue weighted by atomic mass is 10.1. The number of hydrogen-bond acceptors (Lipinski definition) is 3. The summed E-state index contributed by atoms with van der Waals surface area (Å²) in [6.07, 6.45) is 1.13. The summed E-state index contributed by atoms with van der Waals surface area (Å²) in [5.74, 6) is 0. The lowest BCUT2D eigenvalue weighted by molar-refractivity contribution is 0.0599. The molecular weight excluding hydrogens is 162 g/mol. The molecule has 0 aromatic heterocycles. The molecule has 3 heteroatoms. The zero-order valence-corrected chi connectivity index (χ0v) is 9.16. The molecule has 0 saturated carbocycles. The molecule has 1 fully saturated rings. The molecule has 2 N–H and O–H groups in total. The molecule has 3 nitrogen and oxygen atoms in total. The van der Waals surface area contributed by atoms with Crippen LogP contribution in [-0.4, -0.2) is 55.1 Å². The second-order valence-electron chi connectivity index (χ2n) is 4.27. The molecule has 13 heavy (non-hydrogen) atoms. The van der Waals surface area contributed by atoms with E-state index >= 15 is 0 Å². The minimum Gasteiger partial charge on any atom is -0.330 e. The summed E-state index contributed by atoms with van der Waals surface area (Å²) >= 11 is 0. The standard InChI is InChI=1S/C10H23N3/c1-9-7-13(6-4-5-11)8-10(2)12(9)3/h9-10H,4-8,11H2,1-3H3. The third kappa shape index (κ3) is 2.93. The van der Waals surface area contributed by atoms with Gasteiger partial charge in [0.15, 0.2) is 0 Å². The van der Waals surface area contributed by atoms with Gasteiger partial charge in [0, 0.05) is 25.2 Å². The smallest absolute Gasteiger partial charge is 0.0195 e. The van der Waals surface area contributed by atoms with E-state index in [1.54, 1.807) is 0 Å². The summed E-state index contributed by atoms with van der Waals surface area (Å²) in [4.78, 5) is 4.99. The number of likely N-dealkylation sites (N-methyl/N-ethyl adjacent to an activating group) is 1. The molecule has 0 spiro atoms. The van der Waals surface area contributed by atoms with Gasteiger partial charge in [-0.2, -0.15) is 0 Å². The Balaban J connectivity index is 2.35. The Labute approximate surface area is 81.9 Å². The van der Waals surface area contributed by atoms with Gasteiger partial charge in [-0.3, -0.25) is 4.90 Å². The van der Waals surface area contributed by atoms with Crippen molar-refractivity contribution in [2.45, 2.75) is 32.4 Å². The van der Waals surface area contributed by atoms with Crippen molar-refractivity contribution in [2.75, 3.05) is 33.2 Å². The molecule has 2 unspecified atom stereocenters. The molecule has 1 aliphatic rings. The maximum Gasteiger partial charge on any atom is 0.0195 e. The van der Waals surface area contributed by atoms with Crippen molar-refractivity contribution >= 4 is 0 Å². The molecule has 1 saturated heterocycles. The normalized spacial score (nSPS) is 32.3. The van der Waals surface area contributed by atoms with Gasteiger partial charge in [0.05, 0.1) is 0 Å². The van der Waals surface area contributed by atoms with Gasteiger partial charge in [-0.25, -0.2) is 0 Å². The molecule has 1 heterocycles. The molecule has 1 aliphatic heterocycles. The number of nitrogens with zero attached hydrogens (tertiary/aromatic N) is 2. The van der Waals surface area contributed by atoms with E-state index in [2.05, 4.69) is 30.7 Å². The maximum atomic E-state index is 5.51. The first-order valence-electron chi connectivity index (χ1n) is 5.29. The zero-order chi connectivity index (χ0) is 9.84. The molecule has 78 valence electrons. The summed E-state index contributed by atoms with van der Waals surface area (Å²) < 4.78 is 0. The molecule has 0 aromatic carbocycles. The fraction of sp³-hybridized carbons (Fsp3) is 1.00. The van der Waals surface area contributed by atoms with E-state index < -0.39 is 0 Å². The van der Waals surface area contributed by atoms with E-state index in [-0.39, 0.29) is 0 Å². The summed E-state index contributed by atoms with van der Waals surface area (Å²) in [5.41, 5.74) is 5.51. The number of hydrogen-bond donors (Lipinski definition) is 1. The Hall–Kier alpha value is -0.120. The van der Waals surface area contributed by atoms with Crippen molar-refractivity contribution in [3.05, 3.63) is 0 Å². The third-order valence-electron chi connectivity index (χ3n) is 3.11. The molecule has 0 aromatic rings. The second kappa shape index (κ2) is 4.94. The van der Waals surface area contributed by atoms with Crippen molar-refractivity contribution in [2.24, 2.45) is 5.73 Å². The molecule has 0 bridgehead atoms. The highest BCUT2D eigenvalue weighted by atomic mass is 15.3. The highest BCUT2D eigenvalue weighted by molar-refractivity contribution is 4.82. The van der Waals surface area contributed by atoms with Crippen LogP contribution in [0.3, 0.4) is 0 Å². The van der Waals surface area contributed by atoms with Crippen molar-refractivity contribution in [1.82, 2.24) is 9.80 Å². The highest BCUT2D eigenvalue weighted by Crippen LogP contribution is 2.12. The van der Waals surface area contributed by atoms with Crippen LogP contribution in [0.15, 0.2) is 0 Å². The number of nitrogens with two attached hydrogens (primary N) is 1. The van der Waals surface area contributed by atoms with Gasteiger partial charge in [-0.1, -0.05) is 0 Å². The molecular formula is C10H23N3.